The lowest BCUT2D eigenvalue weighted by Crippen LogP contribution is -2.14. The van der Waals surface area contributed by atoms with Gasteiger partial charge in [-0.1, -0.05) is 6.07 Å². The smallest absolute Gasteiger partial charge is 0.255 e. The van der Waals surface area contributed by atoms with Gasteiger partial charge in [0.15, 0.2) is 11.6 Å². The lowest BCUT2D eigenvalue weighted by Gasteiger charge is -2.10. The molecule has 0 aliphatic heterocycles. The Morgan fingerprint density at radius 3 is 2.60 bits per heavy atom. The fourth-order valence-electron chi connectivity index (χ4n) is 1.66. The summed E-state index contributed by atoms with van der Waals surface area (Å²) < 4.78 is 31.6. The normalized spacial score (nSPS) is 10.2. The summed E-state index contributed by atoms with van der Waals surface area (Å²) in [6.07, 6.45) is 0. The predicted molar refractivity (Wildman–Crippen MR) is 71.7 cm³/mol. The van der Waals surface area contributed by atoms with Gasteiger partial charge in [-0.2, -0.15) is 0 Å². The Balaban J connectivity index is 2.29. The van der Waals surface area contributed by atoms with Gasteiger partial charge in [-0.15, -0.1) is 0 Å². The molecule has 6 heteroatoms. The van der Waals surface area contributed by atoms with E-state index < -0.39 is 17.5 Å². The van der Waals surface area contributed by atoms with Crippen LogP contribution in [0.2, 0.25) is 0 Å². The van der Waals surface area contributed by atoms with Crippen molar-refractivity contribution < 1.29 is 18.3 Å². The summed E-state index contributed by atoms with van der Waals surface area (Å²) in [5, 5.41) is 2.35. The van der Waals surface area contributed by atoms with Crippen molar-refractivity contribution in [2.75, 3.05) is 18.2 Å². The number of methoxy groups -OCH3 is 1. The van der Waals surface area contributed by atoms with Crippen molar-refractivity contribution >= 4 is 17.3 Å². The van der Waals surface area contributed by atoms with Crippen molar-refractivity contribution in [1.82, 2.24) is 0 Å². The first kappa shape index (κ1) is 13.8. The SMILES string of the molecule is COc1cc(C(=O)Nc2c(N)cccc2F)ccc1F. The molecular weight excluding hydrogens is 266 g/mol. The number of hydrogen-bond acceptors (Lipinski definition) is 3. The molecular formula is C14H12F2N2O2. The second-order valence-electron chi connectivity index (χ2n) is 4.01. The molecule has 0 bridgehead atoms. The second-order valence-corrected chi connectivity index (χ2v) is 4.01. The van der Waals surface area contributed by atoms with Crippen LogP contribution in [0, 0.1) is 11.6 Å². The molecule has 0 aliphatic rings. The number of nitrogens with two attached hydrogens (primary N) is 1. The average Bonchev–Trinajstić information content (AvgIpc) is 2.43. The second kappa shape index (κ2) is 5.56. The minimum atomic E-state index is -0.646. The van der Waals surface area contributed by atoms with Gasteiger partial charge in [-0.3, -0.25) is 4.79 Å². The van der Waals surface area contributed by atoms with Crippen molar-refractivity contribution in [3.8, 4) is 5.75 Å². The standard InChI is InChI=1S/C14H12F2N2O2/c1-20-12-7-8(5-6-9(12)15)14(19)18-13-10(16)3-2-4-11(13)17/h2-7H,17H2,1H3,(H,18,19). The number of ether oxygens (including phenoxy) is 1. The van der Waals surface area contributed by atoms with Crippen LogP contribution in [0.3, 0.4) is 0 Å². The van der Waals surface area contributed by atoms with Gasteiger partial charge < -0.3 is 15.8 Å². The van der Waals surface area contributed by atoms with Crippen molar-refractivity contribution in [2.45, 2.75) is 0 Å². The highest BCUT2D eigenvalue weighted by Crippen LogP contribution is 2.24. The van der Waals surface area contributed by atoms with Crippen LogP contribution in [0.5, 0.6) is 5.75 Å². The van der Waals surface area contributed by atoms with Crippen molar-refractivity contribution in [3.05, 3.63) is 53.6 Å². The highest BCUT2D eigenvalue weighted by molar-refractivity contribution is 6.06. The average molecular weight is 278 g/mol. The van der Waals surface area contributed by atoms with E-state index >= 15 is 0 Å². The molecule has 4 nitrogen and oxygen atoms in total. The van der Waals surface area contributed by atoms with Gasteiger partial charge in [-0.25, -0.2) is 8.78 Å². The first-order chi connectivity index (χ1) is 9.52. The van der Waals surface area contributed by atoms with E-state index in [0.717, 1.165) is 6.07 Å². The van der Waals surface area contributed by atoms with Gasteiger partial charge in [0.05, 0.1) is 12.8 Å². The van der Waals surface area contributed by atoms with Crippen LogP contribution in [0.1, 0.15) is 10.4 Å². The first-order valence-corrected chi connectivity index (χ1v) is 5.72. The third-order valence-corrected chi connectivity index (χ3v) is 2.70. The number of carbonyl (C=O) groups excluding carboxylic acids is 1. The molecule has 0 atom stereocenters. The molecule has 0 fully saturated rings. The number of hydrogen-bond donors (Lipinski definition) is 2. The zero-order chi connectivity index (χ0) is 14.7. The molecule has 0 heterocycles. The minimum absolute atomic E-state index is 0.0702. The number of halogens is 2. The molecule has 0 saturated heterocycles. The summed E-state index contributed by atoms with van der Waals surface area (Å²) in [7, 11) is 1.29. The zero-order valence-corrected chi connectivity index (χ0v) is 10.6. The quantitative estimate of drug-likeness (QED) is 0.848. The molecule has 0 saturated carbocycles. The lowest BCUT2D eigenvalue weighted by atomic mass is 10.2. The summed E-state index contributed by atoms with van der Waals surface area (Å²) in [4.78, 5) is 12.0. The van der Waals surface area contributed by atoms with Crippen LogP contribution in [0.15, 0.2) is 36.4 Å². The van der Waals surface area contributed by atoms with E-state index in [1.54, 1.807) is 0 Å². The third kappa shape index (κ3) is 2.69. The molecule has 0 aliphatic carbocycles. The topological polar surface area (TPSA) is 64.3 Å². The Morgan fingerprint density at radius 2 is 1.95 bits per heavy atom. The summed E-state index contributed by atoms with van der Waals surface area (Å²) in [6.45, 7) is 0. The predicted octanol–water partition coefficient (Wildman–Crippen LogP) is 2.81. The van der Waals surface area contributed by atoms with Gasteiger partial charge >= 0.3 is 0 Å². The summed E-state index contributed by atoms with van der Waals surface area (Å²) in [6, 6.07) is 7.66. The van der Waals surface area contributed by atoms with Gasteiger partial charge in [0.25, 0.3) is 5.91 Å². The number of nitrogens with one attached hydrogen (secondary N) is 1. The molecule has 1 amide bonds. The minimum Gasteiger partial charge on any atom is -0.494 e. The van der Waals surface area contributed by atoms with E-state index in [0.29, 0.717) is 0 Å². The third-order valence-electron chi connectivity index (χ3n) is 2.70. The number of anilines is 2. The van der Waals surface area contributed by atoms with Crippen molar-refractivity contribution in [3.63, 3.8) is 0 Å². The highest BCUT2D eigenvalue weighted by atomic mass is 19.1. The molecule has 0 spiro atoms. The van der Waals surface area contributed by atoms with Crippen molar-refractivity contribution in [2.24, 2.45) is 0 Å². The van der Waals surface area contributed by atoms with E-state index in [1.807, 2.05) is 0 Å². The molecule has 2 aromatic rings. The summed E-state index contributed by atoms with van der Waals surface area (Å²) in [5.74, 6) is -1.92. The molecule has 2 rings (SSSR count). The van der Waals surface area contributed by atoms with E-state index in [1.165, 1.54) is 37.4 Å². The maximum Gasteiger partial charge on any atom is 0.255 e. The van der Waals surface area contributed by atoms with Crippen LogP contribution in [0.25, 0.3) is 0 Å². The maximum absolute atomic E-state index is 13.6. The molecule has 104 valence electrons. The van der Waals surface area contributed by atoms with Gasteiger partial charge in [-0.05, 0) is 30.3 Å². The maximum atomic E-state index is 13.6. The number of benzene rings is 2. The van der Waals surface area contributed by atoms with E-state index in [9.17, 15) is 13.6 Å². The molecule has 0 aromatic heterocycles. The molecule has 20 heavy (non-hydrogen) atoms. The number of para-hydroxylation sites is 1. The number of nitrogen functional groups attached to an aromatic ring is 1. The molecule has 0 radical (unpaired) electrons. The van der Waals surface area contributed by atoms with E-state index in [-0.39, 0.29) is 22.7 Å². The Kier molecular flexibility index (Phi) is 3.84. The summed E-state index contributed by atoms with van der Waals surface area (Å²) in [5.41, 5.74) is 5.71. The van der Waals surface area contributed by atoms with Gasteiger partial charge in [0, 0.05) is 5.56 Å². The number of carbonyl (C=O) groups is 1. The lowest BCUT2D eigenvalue weighted by molar-refractivity contribution is 0.102. The zero-order valence-electron chi connectivity index (χ0n) is 10.6. The Morgan fingerprint density at radius 1 is 1.20 bits per heavy atom. The fourth-order valence-corrected chi connectivity index (χ4v) is 1.66. The Labute approximate surface area is 114 Å². The van der Waals surface area contributed by atoms with Crippen molar-refractivity contribution in [1.29, 1.82) is 0 Å². The highest BCUT2D eigenvalue weighted by Gasteiger charge is 2.14. The molecule has 2 aromatic carbocycles. The summed E-state index contributed by atoms with van der Waals surface area (Å²) >= 11 is 0. The van der Waals surface area contributed by atoms with Crippen LogP contribution < -0.4 is 15.8 Å². The largest absolute Gasteiger partial charge is 0.494 e. The van der Waals surface area contributed by atoms with Gasteiger partial charge in [0.2, 0.25) is 0 Å². The molecule has 0 unspecified atom stereocenters. The fraction of sp³-hybridized carbons (Fsp3) is 0.0714. The van der Waals surface area contributed by atoms with Crippen LogP contribution in [-0.2, 0) is 0 Å². The Bertz CT molecular complexity index is 639. The van der Waals surface area contributed by atoms with E-state index in [2.05, 4.69) is 5.32 Å². The van der Waals surface area contributed by atoms with Crippen LogP contribution >= 0.6 is 0 Å². The number of rotatable bonds is 3. The first-order valence-electron chi connectivity index (χ1n) is 5.72. The number of amides is 1. The monoisotopic (exact) mass is 278 g/mol. The Hall–Kier alpha value is -2.63. The van der Waals surface area contributed by atoms with Gasteiger partial charge in [0.1, 0.15) is 11.5 Å². The van der Waals surface area contributed by atoms with Crippen LogP contribution in [-0.4, -0.2) is 13.0 Å². The molecule has 3 N–H and O–H groups in total. The van der Waals surface area contributed by atoms with E-state index in [4.69, 9.17) is 10.5 Å². The van der Waals surface area contributed by atoms with Crippen LogP contribution in [0.4, 0.5) is 20.2 Å².